The molecule has 1 aromatic heterocycles. The molecule has 4 rings (SSSR count). The molecule has 1 amide bonds. The first-order valence-electron chi connectivity index (χ1n) is 13.2. The first kappa shape index (κ1) is 24.4. The Balaban J connectivity index is 1.43. The lowest BCUT2D eigenvalue weighted by atomic mass is 9.90. The van der Waals surface area contributed by atoms with Crippen molar-refractivity contribution in [3.8, 4) is 0 Å². The zero-order chi connectivity index (χ0) is 23.8. The Bertz CT molecular complexity index is 965. The van der Waals surface area contributed by atoms with Gasteiger partial charge < -0.3 is 10.2 Å². The Morgan fingerprint density at radius 3 is 2.62 bits per heavy atom. The molecule has 0 radical (unpaired) electrons. The van der Waals surface area contributed by atoms with Crippen LogP contribution in [0.25, 0.3) is 0 Å². The number of pyridine rings is 1. The van der Waals surface area contributed by atoms with Crippen molar-refractivity contribution in [1.29, 1.82) is 0 Å². The molecule has 1 saturated heterocycles. The van der Waals surface area contributed by atoms with Crippen molar-refractivity contribution in [2.24, 2.45) is 4.99 Å². The molecule has 1 unspecified atom stereocenters. The van der Waals surface area contributed by atoms with E-state index in [2.05, 4.69) is 60.5 Å². The molecular weight excluding hydrogens is 420 g/mol. The van der Waals surface area contributed by atoms with Crippen LogP contribution in [0.1, 0.15) is 87.3 Å². The topological polar surface area (TPSA) is 57.6 Å². The second kappa shape index (κ2) is 12.1. The standard InChI is InChI=1S/C29H40N4O/c1-3-30-26(28-22(2)18-19-31-29(28)32-25-14-8-5-9-15-25)16-17-27(34)33-20-10-13-24(21-33)23-11-6-4-7-12-23/h4,6-7,11-12,18-19,24-25H,3,5,8-10,13-17,20-21H2,1-2H3,(H,31,32). The number of carbonyl (C=O) groups excluding carboxylic acids is 1. The number of aliphatic imine (C=N–C) groups is 1. The first-order valence-corrected chi connectivity index (χ1v) is 13.2. The van der Waals surface area contributed by atoms with Crippen LogP contribution in [0.2, 0.25) is 0 Å². The van der Waals surface area contributed by atoms with E-state index in [4.69, 9.17) is 9.98 Å². The number of aromatic nitrogens is 1. The molecule has 1 N–H and O–H groups in total. The van der Waals surface area contributed by atoms with Gasteiger partial charge >= 0.3 is 0 Å². The van der Waals surface area contributed by atoms with Crippen LogP contribution in [0.15, 0.2) is 47.6 Å². The average Bonchev–Trinajstić information content (AvgIpc) is 2.88. The molecule has 2 aromatic rings. The van der Waals surface area contributed by atoms with Gasteiger partial charge in [-0.1, -0.05) is 49.6 Å². The Hall–Kier alpha value is -2.69. The number of anilines is 1. The molecule has 0 bridgehead atoms. The van der Waals surface area contributed by atoms with Crippen molar-refractivity contribution < 1.29 is 4.79 Å². The van der Waals surface area contributed by atoms with Gasteiger partial charge in [-0.25, -0.2) is 4.98 Å². The number of amides is 1. The van der Waals surface area contributed by atoms with Crippen LogP contribution < -0.4 is 5.32 Å². The maximum atomic E-state index is 13.2. The second-order valence-corrected chi connectivity index (χ2v) is 9.84. The van der Waals surface area contributed by atoms with Crippen LogP contribution in [0.3, 0.4) is 0 Å². The van der Waals surface area contributed by atoms with Gasteiger partial charge in [0.1, 0.15) is 5.82 Å². The lowest BCUT2D eigenvalue weighted by Gasteiger charge is -2.33. The maximum absolute atomic E-state index is 13.2. The highest BCUT2D eigenvalue weighted by atomic mass is 16.2. The monoisotopic (exact) mass is 460 g/mol. The summed E-state index contributed by atoms with van der Waals surface area (Å²) in [6.07, 6.45) is 11.6. The fourth-order valence-electron chi connectivity index (χ4n) is 5.53. The van der Waals surface area contributed by atoms with E-state index in [-0.39, 0.29) is 5.91 Å². The van der Waals surface area contributed by atoms with Gasteiger partial charge in [0.25, 0.3) is 0 Å². The minimum absolute atomic E-state index is 0.243. The van der Waals surface area contributed by atoms with Crippen molar-refractivity contribution in [3.05, 3.63) is 59.3 Å². The lowest BCUT2D eigenvalue weighted by molar-refractivity contribution is -0.132. The molecule has 2 aliphatic rings. The van der Waals surface area contributed by atoms with E-state index < -0.39 is 0 Å². The average molecular weight is 461 g/mol. The number of hydrogen-bond acceptors (Lipinski definition) is 4. The quantitative estimate of drug-likeness (QED) is 0.482. The SMILES string of the molecule is CCN=C(CCC(=O)N1CCCC(c2ccccc2)C1)c1c(C)ccnc1NC1CCCCC1. The van der Waals surface area contributed by atoms with Crippen LogP contribution in [-0.4, -0.2) is 47.2 Å². The molecule has 182 valence electrons. The molecule has 1 aliphatic carbocycles. The molecular formula is C29H40N4O. The summed E-state index contributed by atoms with van der Waals surface area (Å²) in [4.78, 5) is 24.9. The predicted molar refractivity (Wildman–Crippen MR) is 141 cm³/mol. The minimum atomic E-state index is 0.243. The summed E-state index contributed by atoms with van der Waals surface area (Å²) in [7, 11) is 0. The molecule has 5 heteroatoms. The highest BCUT2D eigenvalue weighted by Crippen LogP contribution is 2.28. The number of piperidine rings is 1. The molecule has 1 aromatic carbocycles. The van der Waals surface area contributed by atoms with E-state index in [1.807, 2.05) is 6.20 Å². The van der Waals surface area contributed by atoms with E-state index in [1.165, 1.54) is 43.2 Å². The number of carbonyl (C=O) groups is 1. The number of benzene rings is 1. The van der Waals surface area contributed by atoms with Gasteiger partial charge in [0, 0.05) is 55.5 Å². The Labute approximate surface area is 205 Å². The highest BCUT2D eigenvalue weighted by Gasteiger charge is 2.25. The fraction of sp³-hybridized carbons (Fsp3) is 0.552. The molecule has 34 heavy (non-hydrogen) atoms. The summed E-state index contributed by atoms with van der Waals surface area (Å²) in [5, 5.41) is 3.72. The van der Waals surface area contributed by atoms with Gasteiger partial charge in [0.15, 0.2) is 0 Å². The predicted octanol–water partition coefficient (Wildman–Crippen LogP) is 6.13. The van der Waals surface area contributed by atoms with Crippen molar-refractivity contribution in [2.45, 2.75) is 83.6 Å². The molecule has 1 saturated carbocycles. The number of aryl methyl sites for hydroxylation is 1. The van der Waals surface area contributed by atoms with Gasteiger partial charge in [-0.15, -0.1) is 0 Å². The van der Waals surface area contributed by atoms with E-state index in [0.29, 0.717) is 31.3 Å². The van der Waals surface area contributed by atoms with Crippen LogP contribution >= 0.6 is 0 Å². The smallest absolute Gasteiger partial charge is 0.222 e. The van der Waals surface area contributed by atoms with Gasteiger partial charge in [0.05, 0.1) is 0 Å². The molecule has 5 nitrogen and oxygen atoms in total. The van der Waals surface area contributed by atoms with Gasteiger partial charge in [-0.3, -0.25) is 9.79 Å². The summed E-state index contributed by atoms with van der Waals surface area (Å²) in [5.41, 5.74) is 4.63. The van der Waals surface area contributed by atoms with Crippen LogP contribution in [-0.2, 0) is 4.79 Å². The van der Waals surface area contributed by atoms with Crippen molar-refractivity contribution >= 4 is 17.4 Å². The van der Waals surface area contributed by atoms with Crippen molar-refractivity contribution in [3.63, 3.8) is 0 Å². The molecule has 2 fully saturated rings. The third kappa shape index (κ3) is 6.25. The van der Waals surface area contributed by atoms with E-state index in [0.717, 1.165) is 43.0 Å². The maximum Gasteiger partial charge on any atom is 0.222 e. The summed E-state index contributed by atoms with van der Waals surface area (Å²) in [6, 6.07) is 13.2. The first-order chi connectivity index (χ1) is 16.7. The second-order valence-electron chi connectivity index (χ2n) is 9.84. The Morgan fingerprint density at radius 1 is 1.06 bits per heavy atom. The summed E-state index contributed by atoms with van der Waals surface area (Å²) in [5.74, 6) is 1.62. The van der Waals surface area contributed by atoms with Crippen LogP contribution in [0.4, 0.5) is 5.82 Å². The number of nitrogens with one attached hydrogen (secondary N) is 1. The Morgan fingerprint density at radius 2 is 1.85 bits per heavy atom. The van der Waals surface area contributed by atoms with E-state index >= 15 is 0 Å². The van der Waals surface area contributed by atoms with E-state index in [9.17, 15) is 4.79 Å². The van der Waals surface area contributed by atoms with Gasteiger partial charge in [-0.05, 0) is 63.1 Å². The third-order valence-electron chi connectivity index (χ3n) is 7.36. The number of likely N-dealkylation sites (tertiary alicyclic amines) is 1. The molecule has 1 aliphatic heterocycles. The number of rotatable bonds is 8. The van der Waals surface area contributed by atoms with Crippen molar-refractivity contribution in [2.75, 3.05) is 25.0 Å². The zero-order valence-electron chi connectivity index (χ0n) is 20.9. The van der Waals surface area contributed by atoms with Crippen LogP contribution in [0.5, 0.6) is 0 Å². The lowest BCUT2D eigenvalue weighted by Crippen LogP contribution is -2.39. The number of nitrogens with zero attached hydrogens (tertiary/aromatic N) is 3. The largest absolute Gasteiger partial charge is 0.367 e. The summed E-state index contributed by atoms with van der Waals surface area (Å²) >= 11 is 0. The van der Waals surface area contributed by atoms with Gasteiger partial charge in [0.2, 0.25) is 5.91 Å². The molecule has 1 atom stereocenters. The summed E-state index contributed by atoms with van der Waals surface area (Å²) < 4.78 is 0. The fourth-order valence-corrected chi connectivity index (χ4v) is 5.53. The molecule has 0 spiro atoms. The number of hydrogen-bond donors (Lipinski definition) is 1. The van der Waals surface area contributed by atoms with Gasteiger partial charge in [-0.2, -0.15) is 0 Å². The minimum Gasteiger partial charge on any atom is -0.367 e. The van der Waals surface area contributed by atoms with E-state index in [1.54, 1.807) is 0 Å². The van der Waals surface area contributed by atoms with Crippen molar-refractivity contribution in [1.82, 2.24) is 9.88 Å². The zero-order valence-corrected chi connectivity index (χ0v) is 20.9. The third-order valence-corrected chi connectivity index (χ3v) is 7.36. The summed E-state index contributed by atoms with van der Waals surface area (Å²) in [6.45, 7) is 6.59. The van der Waals surface area contributed by atoms with Crippen LogP contribution in [0, 0.1) is 6.92 Å². The highest BCUT2D eigenvalue weighted by molar-refractivity contribution is 6.06. The Kier molecular flexibility index (Phi) is 8.73. The normalized spacial score (nSPS) is 19.8. The molecule has 2 heterocycles.